The van der Waals surface area contributed by atoms with Gasteiger partial charge in [-0.3, -0.25) is 14.4 Å². The average molecular weight is 657 g/mol. The standard InChI is InChI=1S/C35H27Cl2N3O4S/c1-22(33(41)39-30-18-12-25(36)20-29(30)37)45-28-16-13-26(14-17-28)38-35(43)31(40-34(42)24-10-6-3-7-11-24)21-27-15-19-32(44-27)23-8-4-2-5-9-23/h2-22H,1H3,(H,38,43)(H,39,41)(H,40,42)/b31-21-/t22-/m0/s1. The monoisotopic (exact) mass is 655 g/mol. The second-order valence-corrected chi connectivity index (χ2v) is 12.1. The largest absolute Gasteiger partial charge is 0.457 e. The summed E-state index contributed by atoms with van der Waals surface area (Å²) in [5, 5.41) is 8.74. The molecular weight excluding hydrogens is 629 g/mol. The zero-order valence-electron chi connectivity index (χ0n) is 23.9. The Morgan fingerprint density at radius 1 is 0.800 bits per heavy atom. The molecule has 0 saturated carbocycles. The van der Waals surface area contributed by atoms with Crippen molar-refractivity contribution in [3.63, 3.8) is 0 Å². The molecule has 0 fully saturated rings. The zero-order valence-corrected chi connectivity index (χ0v) is 26.2. The second-order valence-electron chi connectivity index (χ2n) is 9.80. The SMILES string of the molecule is C[C@H](Sc1ccc(NC(=O)/C(=C/c2ccc(-c3ccccc3)o2)NC(=O)c2ccccc2)cc1)C(=O)Nc1ccc(Cl)cc1Cl. The van der Waals surface area contributed by atoms with E-state index in [1.165, 1.54) is 17.8 Å². The van der Waals surface area contributed by atoms with Gasteiger partial charge in [0.1, 0.15) is 17.2 Å². The minimum Gasteiger partial charge on any atom is -0.457 e. The normalized spacial score (nSPS) is 11.8. The van der Waals surface area contributed by atoms with Crippen molar-refractivity contribution >= 4 is 70.1 Å². The Hall–Kier alpha value is -4.76. The molecule has 0 radical (unpaired) electrons. The maximum absolute atomic E-state index is 13.4. The van der Waals surface area contributed by atoms with Crippen LogP contribution in [0, 0.1) is 0 Å². The van der Waals surface area contributed by atoms with Gasteiger partial charge < -0.3 is 20.4 Å². The molecule has 0 unspecified atom stereocenters. The number of amides is 3. The molecule has 0 aliphatic carbocycles. The van der Waals surface area contributed by atoms with Gasteiger partial charge in [0.2, 0.25) is 5.91 Å². The molecule has 0 bridgehead atoms. The first-order chi connectivity index (χ1) is 21.7. The molecule has 4 aromatic carbocycles. The van der Waals surface area contributed by atoms with Crippen LogP contribution in [0.4, 0.5) is 11.4 Å². The Morgan fingerprint density at radius 3 is 2.18 bits per heavy atom. The van der Waals surface area contributed by atoms with Crippen molar-refractivity contribution < 1.29 is 18.8 Å². The molecule has 5 rings (SSSR count). The van der Waals surface area contributed by atoms with Crippen molar-refractivity contribution in [1.29, 1.82) is 0 Å². The number of hydrogen-bond acceptors (Lipinski definition) is 5. The lowest BCUT2D eigenvalue weighted by atomic mass is 10.2. The van der Waals surface area contributed by atoms with Crippen molar-refractivity contribution in [3.05, 3.63) is 142 Å². The summed E-state index contributed by atoms with van der Waals surface area (Å²) in [5.74, 6) is -0.177. The Kier molecular flexibility index (Phi) is 10.4. The summed E-state index contributed by atoms with van der Waals surface area (Å²) in [5.41, 5.74) is 2.26. The number of benzene rings is 4. The Bertz CT molecular complexity index is 1840. The molecule has 0 aliphatic rings. The molecular formula is C35H27Cl2N3O4S. The Labute approximate surface area is 274 Å². The average Bonchev–Trinajstić information content (AvgIpc) is 3.52. The van der Waals surface area contributed by atoms with Crippen LogP contribution in [0.5, 0.6) is 0 Å². The molecule has 10 heteroatoms. The van der Waals surface area contributed by atoms with Crippen LogP contribution in [0.3, 0.4) is 0 Å². The number of hydrogen-bond donors (Lipinski definition) is 3. The van der Waals surface area contributed by atoms with Crippen LogP contribution < -0.4 is 16.0 Å². The highest BCUT2D eigenvalue weighted by molar-refractivity contribution is 8.00. The summed E-state index contributed by atoms with van der Waals surface area (Å²) in [6.07, 6.45) is 1.49. The second kappa shape index (κ2) is 14.8. The summed E-state index contributed by atoms with van der Waals surface area (Å²) in [7, 11) is 0. The molecule has 0 saturated heterocycles. The van der Waals surface area contributed by atoms with Crippen LogP contribution in [-0.4, -0.2) is 23.0 Å². The lowest BCUT2D eigenvalue weighted by Gasteiger charge is -2.14. The van der Waals surface area contributed by atoms with E-state index in [2.05, 4.69) is 16.0 Å². The maximum atomic E-state index is 13.4. The summed E-state index contributed by atoms with van der Waals surface area (Å²) < 4.78 is 5.95. The molecule has 0 aliphatic heterocycles. The van der Waals surface area contributed by atoms with E-state index in [1.54, 1.807) is 91.9 Å². The number of rotatable bonds is 10. The van der Waals surface area contributed by atoms with Crippen molar-refractivity contribution in [1.82, 2.24) is 5.32 Å². The van der Waals surface area contributed by atoms with Crippen molar-refractivity contribution in [3.8, 4) is 11.3 Å². The van der Waals surface area contributed by atoms with Gasteiger partial charge in [-0.25, -0.2) is 0 Å². The van der Waals surface area contributed by atoms with Gasteiger partial charge in [-0.05, 0) is 73.7 Å². The summed E-state index contributed by atoms with van der Waals surface area (Å²) in [4.78, 5) is 39.9. The number of nitrogens with one attached hydrogen (secondary N) is 3. The van der Waals surface area contributed by atoms with Crippen LogP contribution in [0.2, 0.25) is 10.0 Å². The number of anilines is 2. The van der Waals surface area contributed by atoms with E-state index in [1.807, 2.05) is 30.3 Å². The predicted octanol–water partition coefficient (Wildman–Crippen LogP) is 8.78. The Balaban J connectivity index is 1.27. The molecule has 226 valence electrons. The summed E-state index contributed by atoms with van der Waals surface area (Å²) in [6.45, 7) is 1.78. The Morgan fingerprint density at radius 2 is 1.49 bits per heavy atom. The fourth-order valence-corrected chi connectivity index (χ4v) is 5.49. The van der Waals surface area contributed by atoms with Gasteiger partial charge in [0.25, 0.3) is 11.8 Å². The third kappa shape index (κ3) is 8.67. The number of carbonyl (C=O) groups excluding carboxylic acids is 3. The van der Waals surface area contributed by atoms with Crippen LogP contribution in [0.25, 0.3) is 17.4 Å². The molecule has 7 nitrogen and oxygen atoms in total. The molecule has 0 spiro atoms. The fourth-order valence-electron chi connectivity index (χ4n) is 4.17. The van der Waals surface area contributed by atoms with Gasteiger partial charge >= 0.3 is 0 Å². The molecule has 3 N–H and O–H groups in total. The molecule has 1 aromatic heterocycles. The lowest BCUT2D eigenvalue weighted by Crippen LogP contribution is -2.30. The topological polar surface area (TPSA) is 100 Å². The van der Waals surface area contributed by atoms with Crippen LogP contribution in [-0.2, 0) is 9.59 Å². The number of carbonyl (C=O) groups is 3. The third-order valence-corrected chi connectivity index (χ3v) is 8.14. The van der Waals surface area contributed by atoms with Gasteiger partial charge in [0.05, 0.1) is 16.0 Å². The van der Waals surface area contributed by atoms with Crippen molar-refractivity contribution in [2.45, 2.75) is 17.1 Å². The lowest BCUT2D eigenvalue weighted by molar-refractivity contribution is -0.115. The number of thioether (sulfide) groups is 1. The first-order valence-corrected chi connectivity index (χ1v) is 15.5. The van der Waals surface area contributed by atoms with E-state index < -0.39 is 17.1 Å². The van der Waals surface area contributed by atoms with E-state index in [9.17, 15) is 14.4 Å². The summed E-state index contributed by atoms with van der Waals surface area (Å²) >= 11 is 13.5. The number of furan rings is 1. The van der Waals surface area contributed by atoms with Crippen LogP contribution >= 0.6 is 35.0 Å². The predicted molar refractivity (Wildman–Crippen MR) is 182 cm³/mol. The van der Waals surface area contributed by atoms with Gasteiger partial charge in [0, 0.05) is 32.8 Å². The minimum absolute atomic E-state index is 0.00224. The maximum Gasteiger partial charge on any atom is 0.272 e. The highest BCUT2D eigenvalue weighted by atomic mass is 35.5. The van der Waals surface area contributed by atoms with Crippen LogP contribution in [0.1, 0.15) is 23.0 Å². The summed E-state index contributed by atoms with van der Waals surface area (Å²) in [6, 6.07) is 33.6. The fraction of sp³-hybridized carbons (Fsp3) is 0.0571. The van der Waals surface area contributed by atoms with E-state index in [0.717, 1.165) is 10.5 Å². The van der Waals surface area contributed by atoms with E-state index in [0.29, 0.717) is 38.5 Å². The number of halogens is 2. The molecule has 45 heavy (non-hydrogen) atoms. The molecule has 1 heterocycles. The van der Waals surface area contributed by atoms with Gasteiger partial charge in [-0.15, -0.1) is 11.8 Å². The molecule has 3 amide bonds. The zero-order chi connectivity index (χ0) is 31.8. The molecule has 5 aromatic rings. The van der Waals surface area contributed by atoms with Gasteiger partial charge in [-0.2, -0.15) is 0 Å². The first-order valence-electron chi connectivity index (χ1n) is 13.8. The third-order valence-electron chi connectivity index (χ3n) is 6.48. The van der Waals surface area contributed by atoms with Gasteiger partial charge in [0.15, 0.2) is 0 Å². The molecule has 1 atom stereocenters. The van der Waals surface area contributed by atoms with Gasteiger partial charge in [-0.1, -0.05) is 71.7 Å². The van der Waals surface area contributed by atoms with E-state index >= 15 is 0 Å². The van der Waals surface area contributed by atoms with E-state index in [4.69, 9.17) is 27.6 Å². The van der Waals surface area contributed by atoms with E-state index in [-0.39, 0.29) is 11.6 Å². The first kappa shape index (κ1) is 31.7. The highest BCUT2D eigenvalue weighted by Crippen LogP contribution is 2.29. The quantitative estimate of drug-likeness (QED) is 0.103. The van der Waals surface area contributed by atoms with Crippen molar-refractivity contribution in [2.75, 3.05) is 10.6 Å². The van der Waals surface area contributed by atoms with Crippen molar-refractivity contribution in [2.24, 2.45) is 0 Å². The highest BCUT2D eigenvalue weighted by Gasteiger charge is 2.18. The smallest absolute Gasteiger partial charge is 0.272 e. The minimum atomic E-state index is -0.537. The van der Waals surface area contributed by atoms with Crippen LogP contribution in [0.15, 0.2) is 130 Å².